The summed E-state index contributed by atoms with van der Waals surface area (Å²) in [5, 5.41) is 19.0. The van der Waals surface area contributed by atoms with Crippen LogP contribution < -0.4 is 0 Å². The van der Waals surface area contributed by atoms with Crippen molar-refractivity contribution in [1.82, 2.24) is 0 Å². The van der Waals surface area contributed by atoms with Gasteiger partial charge in [0.25, 0.3) is 0 Å². The number of alkyl halides is 6. The molecule has 1 unspecified atom stereocenters. The largest absolute Gasteiger partial charge is 0.504 e. The minimum atomic E-state index is -6.23. The molecule has 0 saturated carbocycles. The molecule has 2 rings (SSSR count). The van der Waals surface area contributed by atoms with Crippen LogP contribution in [-0.2, 0) is 5.67 Å². The molecule has 2 aromatic rings. The molecule has 0 fully saturated rings. The Labute approximate surface area is 126 Å². The SMILES string of the molecule is Oc1cccc(C(F)(c2ccccc2)C(F)(F)C(F)(F)F)c1O. The van der Waals surface area contributed by atoms with Crippen LogP contribution in [0.5, 0.6) is 11.5 Å². The highest BCUT2D eigenvalue weighted by atomic mass is 19.4. The molecule has 2 aromatic carbocycles. The molecular weight excluding hydrogens is 326 g/mol. The molecule has 1 atom stereocenters. The lowest BCUT2D eigenvalue weighted by molar-refractivity contribution is -0.323. The maximum atomic E-state index is 15.2. The zero-order valence-corrected chi connectivity index (χ0v) is 11.3. The van der Waals surface area contributed by atoms with Crippen molar-refractivity contribution in [3.8, 4) is 11.5 Å². The first-order chi connectivity index (χ1) is 10.5. The number of aromatic hydroxyl groups is 2. The highest BCUT2D eigenvalue weighted by Crippen LogP contribution is 2.56. The number of hydrogen-bond acceptors (Lipinski definition) is 2. The van der Waals surface area contributed by atoms with Gasteiger partial charge in [0.15, 0.2) is 11.5 Å². The first-order valence-corrected chi connectivity index (χ1v) is 6.24. The Morgan fingerprint density at radius 3 is 1.78 bits per heavy atom. The van der Waals surface area contributed by atoms with Gasteiger partial charge >= 0.3 is 12.1 Å². The fourth-order valence-corrected chi connectivity index (χ4v) is 2.18. The Bertz CT molecular complexity index is 699. The summed E-state index contributed by atoms with van der Waals surface area (Å²) in [4.78, 5) is 0. The van der Waals surface area contributed by atoms with E-state index in [-0.39, 0.29) is 0 Å². The molecule has 124 valence electrons. The second-order valence-corrected chi connectivity index (χ2v) is 4.77. The average Bonchev–Trinajstić information content (AvgIpc) is 2.49. The Balaban J connectivity index is 2.84. The smallest absolute Gasteiger partial charge is 0.457 e. The lowest BCUT2D eigenvalue weighted by atomic mass is 9.81. The highest BCUT2D eigenvalue weighted by Gasteiger charge is 2.73. The quantitative estimate of drug-likeness (QED) is 0.640. The number of phenols is 2. The van der Waals surface area contributed by atoms with E-state index in [4.69, 9.17) is 0 Å². The van der Waals surface area contributed by atoms with Gasteiger partial charge in [-0.2, -0.15) is 22.0 Å². The van der Waals surface area contributed by atoms with E-state index in [0.717, 1.165) is 36.4 Å². The molecular formula is C15H10F6O2. The second kappa shape index (κ2) is 5.36. The lowest BCUT2D eigenvalue weighted by Crippen LogP contribution is -2.53. The molecule has 2 N–H and O–H groups in total. The minimum Gasteiger partial charge on any atom is -0.504 e. The molecule has 8 heteroatoms. The van der Waals surface area contributed by atoms with E-state index in [1.165, 1.54) is 6.07 Å². The second-order valence-electron chi connectivity index (χ2n) is 4.77. The summed E-state index contributed by atoms with van der Waals surface area (Å²) in [6.07, 6.45) is -6.23. The lowest BCUT2D eigenvalue weighted by Gasteiger charge is -2.35. The van der Waals surface area contributed by atoms with E-state index in [2.05, 4.69) is 0 Å². The number of para-hydroxylation sites is 1. The fourth-order valence-electron chi connectivity index (χ4n) is 2.18. The molecule has 23 heavy (non-hydrogen) atoms. The fraction of sp³-hybridized carbons (Fsp3) is 0.200. The van der Waals surface area contributed by atoms with Gasteiger partial charge in [-0.25, -0.2) is 4.39 Å². The highest BCUT2D eigenvalue weighted by molar-refractivity contribution is 5.52. The zero-order valence-electron chi connectivity index (χ0n) is 11.3. The van der Waals surface area contributed by atoms with Crippen molar-refractivity contribution in [2.75, 3.05) is 0 Å². The summed E-state index contributed by atoms with van der Waals surface area (Å²) in [7, 11) is 0. The van der Waals surface area contributed by atoms with E-state index in [1.54, 1.807) is 0 Å². The van der Waals surface area contributed by atoms with Crippen LogP contribution in [0.2, 0.25) is 0 Å². The molecule has 0 heterocycles. The standard InChI is InChI=1S/C15H10F6O2/c16-13(9-5-2-1-3-6-9,14(17,18)15(19,20)21)10-7-4-8-11(22)12(10)23/h1-8,22-23H. The van der Waals surface area contributed by atoms with Gasteiger partial charge in [-0.3, -0.25) is 0 Å². The van der Waals surface area contributed by atoms with Crippen molar-refractivity contribution in [2.24, 2.45) is 0 Å². The topological polar surface area (TPSA) is 40.5 Å². The van der Waals surface area contributed by atoms with Crippen molar-refractivity contribution in [3.05, 3.63) is 59.7 Å². The maximum absolute atomic E-state index is 15.2. The van der Waals surface area contributed by atoms with Crippen LogP contribution in [0.3, 0.4) is 0 Å². The van der Waals surface area contributed by atoms with E-state index < -0.39 is 40.4 Å². The van der Waals surface area contributed by atoms with Crippen LogP contribution in [0, 0.1) is 0 Å². The van der Waals surface area contributed by atoms with E-state index in [0.29, 0.717) is 6.07 Å². The minimum absolute atomic E-state index is 0.557. The Morgan fingerprint density at radius 1 is 0.696 bits per heavy atom. The Kier molecular flexibility index (Phi) is 3.96. The summed E-state index contributed by atoms with van der Waals surface area (Å²) < 4.78 is 81.6. The van der Waals surface area contributed by atoms with Gasteiger partial charge in [-0.05, 0) is 6.07 Å². The summed E-state index contributed by atoms with van der Waals surface area (Å²) >= 11 is 0. The molecule has 0 spiro atoms. The third-order valence-corrected chi connectivity index (χ3v) is 3.35. The van der Waals surface area contributed by atoms with Crippen molar-refractivity contribution >= 4 is 0 Å². The molecule has 0 aromatic heterocycles. The van der Waals surface area contributed by atoms with Crippen molar-refractivity contribution in [3.63, 3.8) is 0 Å². The van der Waals surface area contributed by atoms with Crippen LogP contribution in [-0.4, -0.2) is 22.3 Å². The third-order valence-electron chi connectivity index (χ3n) is 3.35. The van der Waals surface area contributed by atoms with E-state index in [9.17, 15) is 32.2 Å². The van der Waals surface area contributed by atoms with Gasteiger partial charge < -0.3 is 10.2 Å². The molecule has 0 aliphatic rings. The van der Waals surface area contributed by atoms with Gasteiger partial charge in [0, 0.05) is 11.1 Å². The first kappa shape index (κ1) is 17.0. The number of phenolic OH excluding ortho intramolecular Hbond substituents is 2. The summed E-state index contributed by atoms with van der Waals surface area (Å²) in [5.74, 6) is -8.26. The van der Waals surface area contributed by atoms with E-state index in [1.807, 2.05) is 0 Å². The Hall–Kier alpha value is -2.38. The average molecular weight is 336 g/mol. The van der Waals surface area contributed by atoms with E-state index >= 15 is 4.39 Å². The molecule has 0 saturated heterocycles. The van der Waals surface area contributed by atoms with Crippen LogP contribution in [0.15, 0.2) is 48.5 Å². The summed E-state index contributed by atoms with van der Waals surface area (Å²) in [6, 6.07) is 7.18. The molecule has 0 aliphatic carbocycles. The van der Waals surface area contributed by atoms with Crippen molar-refractivity contribution in [2.45, 2.75) is 17.8 Å². The molecule has 0 amide bonds. The molecule has 2 nitrogen and oxygen atoms in total. The number of rotatable bonds is 3. The van der Waals surface area contributed by atoms with Crippen molar-refractivity contribution in [1.29, 1.82) is 0 Å². The Morgan fingerprint density at radius 2 is 1.26 bits per heavy atom. The van der Waals surface area contributed by atoms with Gasteiger partial charge in [-0.1, -0.05) is 42.5 Å². The van der Waals surface area contributed by atoms with Crippen molar-refractivity contribution < 1.29 is 36.6 Å². The molecule has 0 aliphatic heterocycles. The number of benzene rings is 2. The first-order valence-electron chi connectivity index (χ1n) is 6.24. The number of hydrogen-bond donors (Lipinski definition) is 2. The van der Waals surface area contributed by atoms with Gasteiger partial charge in [0.2, 0.25) is 5.67 Å². The maximum Gasteiger partial charge on any atom is 0.457 e. The predicted molar refractivity (Wildman–Crippen MR) is 69.1 cm³/mol. The monoisotopic (exact) mass is 336 g/mol. The predicted octanol–water partition coefficient (Wildman–Crippen LogP) is 4.51. The van der Waals surface area contributed by atoms with Gasteiger partial charge in [0.1, 0.15) is 0 Å². The zero-order chi connectivity index (χ0) is 17.5. The summed E-state index contributed by atoms with van der Waals surface area (Å²) in [5.41, 5.74) is -6.82. The normalized spacial score (nSPS) is 15.2. The van der Waals surface area contributed by atoms with Crippen LogP contribution in [0.25, 0.3) is 0 Å². The van der Waals surface area contributed by atoms with Gasteiger partial charge in [0.05, 0.1) is 0 Å². The van der Waals surface area contributed by atoms with Crippen LogP contribution in [0.1, 0.15) is 11.1 Å². The van der Waals surface area contributed by atoms with Gasteiger partial charge in [-0.15, -0.1) is 0 Å². The van der Waals surface area contributed by atoms with Crippen LogP contribution >= 0.6 is 0 Å². The third kappa shape index (κ3) is 2.47. The number of halogens is 6. The van der Waals surface area contributed by atoms with Crippen LogP contribution in [0.4, 0.5) is 26.3 Å². The molecule has 0 radical (unpaired) electrons. The molecule has 0 bridgehead atoms. The summed E-state index contributed by atoms with van der Waals surface area (Å²) in [6.45, 7) is 0.